The van der Waals surface area contributed by atoms with Crippen LogP contribution in [-0.2, 0) is 6.42 Å². The summed E-state index contributed by atoms with van der Waals surface area (Å²) in [6, 6.07) is 8.92. The number of anilines is 1. The summed E-state index contributed by atoms with van der Waals surface area (Å²) in [5, 5.41) is 3.73. The molecule has 1 aromatic carbocycles. The van der Waals surface area contributed by atoms with Gasteiger partial charge < -0.3 is 5.32 Å². The van der Waals surface area contributed by atoms with Crippen molar-refractivity contribution in [2.24, 2.45) is 0 Å². The Hall–Kier alpha value is -2.04. The number of hydrogen-bond acceptors (Lipinski definition) is 2. The van der Waals surface area contributed by atoms with E-state index >= 15 is 0 Å². The molecule has 0 spiro atoms. The molecule has 0 aliphatic rings. The van der Waals surface area contributed by atoms with Gasteiger partial charge in [-0.3, -0.25) is 9.20 Å². The molecule has 0 bridgehead atoms. The Morgan fingerprint density at radius 2 is 2.00 bits per heavy atom. The van der Waals surface area contributed by atoms with Crippen LogP contribution < -0.4 is 5.32 Å². The number of imidazole rings is 1. The Balaban J connectivity index is 2.02. The molecule has 124 valence electrons. The number of carbonyl (C=O) groups is 1. The lowest BCUT2D eigenvalue weighted by molar-refractivity contribution is 0.102. The first-order chi connectivity index (χ1) is 11.5. The number of halogens is 2. The molecule has 0 fully saturated rings. The van der Waals surface area contributed by atoms with Crippen molar-refractivity contribution in [2.45, 2.75) is 26.7 Å². The van der Waals surface area contributed by atoms with Gasteiger partial charge in [0, 0.05) is 11.9 Å². The molecule has 0 aliphatic heterocycles. The number of fused-ring (bicyclic) bond motifs is 1. The SMILES string of the molecule is CCCc1nc2ccc(C)cn2c1C(=O)Nc1ccc(Cl)c(Cl)c1. The Labute approximate surface area is 150 Å². The molecular weight excluding hydrogens is 345 g/mol. The first-order valence-electron chi connectivity index (χ1n) is 7.73. The minimum Gasteiger partial charge on any atom is -0.321 e. The quantitative estimate of drug-likeness (QED) is 0.697. The molecule has 0 unspecified atom stereocenters. The number of nitrogens with one attached hydrogen (secondary N) is 1. The van der Waals surface area contributed by atoms with E-state index in [1.165, 1.54) is 0 Å². The minimum atomic E-state index is -0.213. The van der Waals surface area contributed by atoms with E-state index in [-0.39, 0.29) is 5.91 Å². The predicted molar refractivity (Wildman–Crippen MR) is 98.3 cm³/mol. The van der Waals surface area contributed by atoms with E-state index in [0.717, 1.165) is 29.7 Å². The molecule has 1 amide bonds. The summed E-state index contributed by atoms with van der Waals surface area (Å²) >= 11 is 11.9. The van der Waals surface area contributed by atoms with Gasteiger partial charge in [0.05, 0.1) is 15.7 Å². The average Bonchev–Trinajstić information content (AvgIpc) is 2.88. The van der Waals surface area contributed by atoms with E-state index in [1.807, 2.05) is 29.7 Å². The fraction of sp³-hybridized carbons (Fsp3) is 0.222. The predicted octanol–water partition coefficient (Wildman–Crippen LogP) is 5.15. The van der Waals surface area contributed by atoms with E-state index in [9.17, 15) is 4.79 Å². The molecule has 3 aromatic rings. The van der Waals surface area contributed by atoms with Gasteiger partial charge in [-0.1, -0.05) is 42.6 Å². The van der Waals surface area contributed by atoms with Gasteiger partial charge in [0.25, 0.3) is 5.91 Å². The zero-order valence-electron chi connectivity index (χ0n) is 13.4. The number of aromatic nitrogens is 2. The largest absolute Gasteiger partial charge is 0.321 e. The lowest BCUT2D eigenvalue weighted by Crippen LogP contribution is -2.16. The summed E-state index contributed by atoms with van der Waals surface area (Å²) < 4.78 is 1.84. The summed E-state index contributed by atoms with van der Waals surface area (Å²) in [4.78, 5) is 17.4. The zero-order valence-corrected chi connectivity index (χ0v) is 14.9. The third kappa shape index (κ3) is 3.25. The van der Waals surface area contributed by atoms with Crippen LogP contribution in [0.5, 0.6) is 0 Å². The van der Waals surface area contributed by atoms with Crippen molar-refractivity contribution in [3.8, 4) is 0 Å². The monoisotopic (exact) mass is 361 g/mol. The van der Waals surface area contributed by atoms with Crippen molar-refractivity contribution >= 4 is 40.4 Å². The summed E-state index contributed by atoms with van der Waals surface area (Å²) in [6.07, 6.45) is 3.58. The highest BCUT2D eigenvalue weighted by Crippen LogP contribution is 2.26. The third-order valence-corrected chi connectivity index (χ3v) is 4.46. The van der Waals surface area contributed by atoms with Crippen LogP contribution in [0.15, 0.2) is 36.5 Å². The number of amides is 1. The maximum absolute atomic E-state index is 12.8. The molecule has 3 rings (SSSR count). The van der Waals surface area contributed by atoms with Crippen molar-refractivity contribution in [3.05, 3.63) is 63.5 Å². The standard InChI is InChI=1S/C18H17Cl2N3O/c1-3-4-15-17(23-10-11(2)5-8-16(23)22-15)18(24)21-12-6-7-13(19)14(20)9-12/h5-10H,3-4H2,1-2H3,(H,21,24). The molecule has 0 saturated carbocycles. The summed E-state index contributed by atoms with van der Waals surface area (Å²) in [5.41, 5.74) is 3.77. The van der Waals surface area contributed by atoms with Gasteiger partial charge in [-0.25, -0.2) is 4.98 Å². The number of pyridine rings is 1. The van der Waals surface area contributed by atoms with Crippen molar-refractivity contribution in [1.29, 1.82) is 0 Å². The maximum Gasteiger partial charge on any atom is 0.274 e. The van der Waals surface area contributed by atoms with Crippen LogP contribution in [0.2, 0.25) is 10.0 Å². The molecule has 0 saturated heterocycles. The number of hydrogen-bond donors (Lipinski definition) is 1. The second-order valence-corrected chi connectivity index (χ2v) is 6.49. The van der Waals surface area contributed by atoms with Gasteiger partial charge in [-0.2, -0.15) is 0 Å². The number of rotatable bonds is 4. The third-order valence-electron chi connectivity index (χ3n) is 3.72. The zero-order chi connectivity index (χ0) is 17.3. The fourth-order valence-corrected chi connectivity index (χ4v) is 2.91. The highest BCUT2D eigenvalue weighted by molar-refractivity contribution is 6.42. The number of carbonyl (C=O) groups excluding carboxylic acids is 1. The van der Waals surface area contributed by atoms with Gasteiger partial charge in [-0.15, -0.1) is 0 Å². The molecule has 6 heteroatoms. The van der Waals surface area contributed by atoms with Gasteiger partial charge in [0.1, 0.15) is 11.3 Å². The van der Waals surface area contributed by atoms with Crippen molar-refractivity contribution in [2.75, 3.05) is 5.32 Å². The lowest BCUT2D eigenvalue weighted by atomic mass is 10.2. The number of benzene rings is 1. The highest BCUT2D eigenvalue weighted by Gasteiger charge is 2.19. The van der Waals surface area contributed by atoms with Gasteiger partial charge in [0.2, 0.25) is 0 Å². The number of aryl methyl sites for hydroxylation is 2. The first kappa shape index (κ1) is 16.8. The topological polar surface area (TPSA) is 46.4 Å². The van der Waals surface area contributed by atoms with Crippen LogP contribution in [0.1, 0.15) is 35.1 Å². The smallest absolute Gasteiger partial charge is 0.274 e. The molecular formula is C18H17Cl2N3O. The Morgan fingerprint density at radius 1 is 1.21 bits per heavy atom. The first-order valence-corrected chi connectivity index (χ1v) is 8.49. The fourth-order valence-electron chi connectivity index (χ4n) is 2.62. The molecule has 2 heterocycles. The second-order valence-electron chi connectivity index (χ2n) is 5.67. The van der Waals surface area contributed by atoms with Crippen molar-refractivity contribution in [3.63, 3.8) is 0 Å². The van der Waals surface area contributed by atoms with Gasteiger partial charge in [-0.05, 0) is 43.2 Å². The van der Waals surface area contributed by atoms with Crippen LogP contribution in [0.3, 0.4) is 0 Å². The molecule has 24 heavy (non-hydrogen) atoms. The minimum absolute atomic E-state index is 0.213. The van der Waals surface area contributed by atoms with E-state index in [1.54, 1.807) is 18.2 Å². The molecule has 2 aromatic heterocycles. The van der Waals surface area contributed by atoms with Gasteiger partial charge >= 0.3 is 0 Å². The molecule has 4 nitrogen and oxygen atoms in total. The van der Waals surface area contributed by atoms with Crippen LogP contribution in [0.4, 0.5) is 5.69 Å². The van der Waals surface area contributed by atoms with E-state index < -0.39 is 0 Å². The molecule has 0 atom stereocenters. The maximum atomic E-state index is 12.8. The second kappa shape index (κ2) is 6.83. The van der Waals surface area contributed by atoms with Crippen LogP contribution in [-0.4, -0.2) is 15.3 Å². The Bertz CT molecular complexity index is 918. The van der Waals surface area contributed by atoms with Crippen LogP contribution in [0.25, 0.3) is 5.65 Å². The van der Waals surface area contributed by atoms with Crippen LogP contribution >= 0.6 is 23.2 Å². The van der Waals surface area contributed by atoms with Crippen molar-refractivity contribution < 1.29 is 4.79 Å². The number of nitrogens with zero attached hydrogens (tertiary/aromatic N) is 2. The highest BCUT2D eigenvalue weighted by atomic mass is 35.5. The normalized spacial score (nSPS) is 11.0. The summed E-state index contributed by atoms with van der Waals surface area (Å²) in [6.45, 7) is 4.05. The van der Waals surface area contributed by atoms with Crippen LogP contribution in [0, 0.1) is 6.92 Å². The van der Waals surface area contributed by atoms with Crippen molar-refractivity contribution in [1.82, 2.24) is 9.38 Å². The van der Waals surface area contributed by atoms with Gasteiger partial charge in [0.15, 0.2) is 0 Å². The Morgan fingerprint density at radius 3 is 2.71 bits per heavy atom. The van der Waals surface area contributed by atoms with E-state index in [4.69, 9.17) is 23.2 Å². The summed E-state index contributed by atoms with van der Waals surface area (Å²) in [5.74, 6) is -0.213. The average molecular weight is 362 g/mol. The van der Waals surface area contributed by atoms with E-state index in [0.29, 0.717) is 21.4 Å². The molecule has 0 radical (unpaired) electrons. The Kier molecular flexibility index (Phi) is 4.78. The van der Waals surface area contributed by atoms with E-state index in [2.05, 4.69) is 17.2 Å². The molecule has 1 N–H and O–H groups in total. The lowest BCUT2D eigenvalue weighted by Gasteiger charge is -2.08. The summed E-state index contributed by atoms with van der Waals surface area (Å²) in [7, 11) is 0. The molecule has 0 aliphatic carbocycles.